The van der Waals surface area contributed by atoms with Gasteiger partial charge >= 0.3 is 0 Å². The molecule has 0 aromatic heterocycles. The molecule has 5 unspecified atom stereocenters. The van der Waals surface area contributed by atoms with Crippen LogP contribution < -0.4 is 11.5 Å². The van der Waals surface area contributed by atoms with E-state index in [4.69, 9.17) is 11.5 Å². The first kappa shape index (κ1) is 9.47. The average molecular weight is 182 g/mol. The zero-order chi connectivity index (χ0) is 9.42. The summed E-state index contributed by atoms with van der Waals surface area (Å²) in [6, 6.07) is 0. The van der Waals surface area contributed by atoms with E-state index in [9.17, 15) is 0 Å². The van der Waals surface area contributed by atoms with Crippen molar-refractivity contribution in [3.8, 4) is 0 Å². The maximum Gasteiger partial charge on any atom is -0.00461 e. The minimum Gasteiger partial charge on any atom is -0.330 e. The second kappa shape index (κ2) is 3.58. The molecule has 2 saturated carbocycles. The summed E-state index contributed by atoms with van der Waals surface area (Å²) < 4.78 is 0. The third-order valence-corrected chi connectivity index (χ3v) is 4.46. The molecule has 0 amide bonds. The first-order chi connectivity index (χ1) is 6.26. The fraction of sp³-hybridized carbons (Fsp3) is 1.00. The normalized spacial score (nSPS) is 45.5. The van der Waals surface area contributed by atoms with E-state index >= 15 is 0 Å². The Hall–Kier alpha value is -0.0800. The molecule has 0 spiro atoms. The molecule has 2 aliphatic carbocycles. The Balaban J connectivity index is 1.95. The van der Waals surface area contributed by atoms with Crippen LogP contribution in [0.3, 0.4) is 0 Å². The Morgan fingerprint density at radius 2 is 1.92 bits per heavy atom. The fourth-order valence-electron chi connectivity index (χ4n) is 3.60. The summed E-state index contributed by atoms with van der Waals surface area (Å²) in [5.74, 6) is 4.38. The van der Waals surface area contributed by atoms with Gasteiger partial charge in [0.15, 0.2) is 0 Å². The highest BCUT2D eigenvalue weighted by molar-refractivity contribution is 4.96. The van der Waals surface area contributed by atoms with Crippen molar-refractivity contribution in [3.05, 3.63) is 0 Å². The molecule has 2 nitrogen and oxygen atoms in total. The first-order valence-corrected chi connectivity index (χ1v) is 5.66. The number of fused-ring (bicyclic) bond motifs is 2. The van der Waals surface area contributed by atoms with Crippen molar-refractivity contribution in [2.45, 2.75) is 26.2 Å². The summed E-state index contributed by atoms with van der Waals surface area (Å²) >= 11 is 0. The molecule has 0 aliphatic heterocycles. The van der Waals surface area contributed by atoms with Crippen LogP contribution in [0.4, 0.5) is 0 Å². The van der Waals surface area contributed by atoms with Gasteiger partial charge in [-0.2, -0.15) is 0 Å². The molecule has 0 aromatic carbocycles. The molecule has 76 valence electrons. The SMILES string of the molecule is CC(CN)C1CC2CC1CC2CN. The third-order valence-electron chi connectivity index (χ3n) is 4.46. The van der Waals surface area contributed by atoms with Gasteiger partial charge < -0.3 is 11.5 Å². The summed E-state index contributed by atoms with van der Waals surface area (Å²) in [7, 11) is 0. The summed E-state index contributed by atoms with van der Waals surface area (Å²) in [4.78, 5) is 0. The van der Waals surface area contributed by atoms with Gasteiger partial charge in [-0.3, -0.25) is 0 Å². The Morgan fingerprint density at radius 1 is 1.15 bits per heavy atom. The molecule has 13 heavy (non-hydrogen) atoms. The number of nitrogens with two attached hydrogens (primary N) is 2. The Kier molecular flexibility index (Phi) is 2.61. The minimum atomic E-state index is 0.730. The largest absolute Gasteiger partial charge is 0.330 e. The van der Waals surface area contributed by atoms with Crippen LogP contribution in [-0.4, -0.2) is 13.1 Å². The number of hydrogen-bond acceptors (Lipinski definition) is 2. The number of hydrogen-bond donors (Lipinski definition) is 2. The highest BCUT2D eigenvalue weighted by Crippen LogP contribution is 2.53. The summed E-state index contributed by atoms with van der Waals surface area (Å²) in [5, 5.41) is 0. The lowest BCUT2D eigenvalue weighted by Crippen LogP contribution is -2.29. The van der Waals surface area contributed by atoms with Gasteiger partial charge in [0.05, 0.1) is 0 Å². The van der Waals surface area contributed by atoms with Crippen molar-refractivity contribution in [2.75, 3.05) is 13.1 Å². The zero-order valence-corrected chi connectivity index (χ0v) is 8.58. The molecule has 2 fully saturated rings. The first-order valence-electron chi connectivity index (χ1n) is 5.66. The van der Waals surface area contributed by atoms with Gasteiger partial charge in [-0.05, 0) is 61.9 Å². The molecule has 2 heteroatoms. The van der Waals surface area contributed by atoms with E-state index < -0.39 is 0 Å². The van der Waals surface area contributed by atoms with Crippen LogP contribution in [0.2, 0.25) is 0 Å². The van der Waals surface area contributed by atoms with Crippen LogP contribution in [0, 0.1) is 29.6 Å². The Morgan fingerprint density at radius 3 is 2.38 bits per heavy atom. The molecule has 0 aromatic rings. The Labute approximate surface area is 81.1 Å². The maximum absolute atomic E-state index is 5.75. The molecule has 0 saturated heterocycles. The van der Waals surface area contributed by atoms with E-state index in [1.54, 1.807) is 0 Å². The standard InChI is InChI=1S/C11H22N2/c1-7(5-12)11-4-8-2-9(11)3-10(8)6-13/h7-11H,2-6,12-13H2,1H3. The fourth-order valence-corrected chi connectivity index (χ4v) is 3.60. The lowest BCUT2D eigenvalue weighted by Gasteiger charge is -2.30. The van der Waals surface area contributed by atoms with Gasteiger partial charge in [0.25, 0.3) is 0 Å². The van der Waals surface area contributed by atoms with Gasteiger partial charge in [0, 0.05) is 0 Å². The van der Waals surface area contributed by atoms with E-state index in [1.165, 1.54) is 19.3 Å². The van der Waals surface area contributed by atoms with Gasteiger partial charge in [-0.25, -0.2) is 0 Å². The smallest absolute Gasteiger partial charge is 0.00461 e. The van der Waals surface area contributed by atoms with E-state index in [2.05, 4.69) is 6.92 Å². The minimum absolute atomic E-state index is 0.730. The van der Waals surface area contributed by atoms with Crippen molar-refractivity contribution in [1.82, 2.24) is 0 Å². The van der Waals surface area contributed by atoms with Gasteiger partial charge in [-0.1, -0.05) is 6.92 Å². The molecule has 2 aliphatic rings. The van der Waals surface area contributed by atoms with Crippen LogP contribution in [-0.2, 0) is 0 Å². The molecular weight excluding hydrogens is 160 g/mol. The lowest BCUT2D eigenvalue weighted by atomic mass is 9.76. The maximum atomic E-state index is 5.75. The summed E-state index contributed by atoms with van der Waals surface area (Å²) in [6.45, 7) is 4.08. The van der Waals surface area contributed by atoms with Crippen molar-refractivity contribution < 1.29 is 0 Å². The van der Waals surface area contributed by atoms with Crippen LogP contribution in [0.5, 0.6) is 0 Å². The summed E-state index contributed by atoms with van der Waals surface area (Å²) in [5.41, 5.74) is 11.5. The molecule has 0 radical (unpaired) electrons. The molecule has 2 bridgehead atoms. The van der Waals surface area contributed by atoms with E-state index in [0.717, 1.165) is 42.7 Å². The van der Waals surface area contributed by atoms with Gasteiger partial charge in [0.2, 0.25) is 0 Å². The molecule has 2 rings (SSSR count). The van der Waals surface area contributed by atoms with Crippen molar-refractivity contribution >= 4 is 0 Å². The Bertz CT molecular complexity index is 181. The topological polar surface area (TPSA) is 52.0 Å². The quantitative estimate of drug-likeness (QED) is 0.689. The third kappa shape index (κ3) is 1.50. The van der Waals surface area contributed by atoms with E-state index in [1.807, 2.05) is 0 Å². The molecule has 5 atom stereocenters. The molecular formula is C11H22N2. The van der Waals surface area contributed by atoms with Crippen molar-refractivity contribution in [3.63, 3.8) is 0 Å². The second-order valence-corrected chi connectivity index (χ2v) is 5.10. The lowest BCUT2D eigenvalue weighted by molar-refractivity contribution is 0.205. The van der Waals surface area contributed by atoms with Crippen LogP contribution in [0.1, 0.15) is 26.2 Å². The number of rotatable bonds is 3. The van der Waals surface area contributed by atoms with Crippen LogP contribution >= 0.6 is 0 Å². The van der Waals surface area contributed by atoms with E-state index in [-0.39, 0.29) is 0 Å². The highest BCUT2D eigenvalue weighted by Gasteiger charge is 2.46. The average Bonchev–Trinajstić information content (AvgIpc) is 2.74. The zero-order valence-electron chi connectivity index (χ0n) is 8.58. The predicted octanol–water partition coefficient (Wildman–Crippen LogP) is 1.20. The second-order valence-electron chi connectivity index (χ2n) is 5.10. The molecule has 4 N–H and O–H groups in total. The van der Waals surface area contributed by atoms with Crippen molar-refractivity contribution in [1.29, 1.82) is 0 Å². The summed E-state index contributed by atoms with van der Waals surface area (Å²) in [6.07, 6.45) is 4.23. The predicted molar refractivity (Wildman–Crippen MR) is 55.1 cm³/mol. The van der Waals surface area contributed by atoms with Gasteiger partial charge in [0.1, 0.15) is 0 Å². The van der Waals surface area contributed by atoms with Crippen LogP contribution in [0.25, 0.3) is 0 Å². The van der Waals surface area contributed by atoms with E-state index in [0.29, 0.717) is 0 Å². The van der Waals surface area contributed by atoms with Crippen LogP contribution in [0.15, 0.2) is 0 Å². The molecule has 0 heterocycles. The highest BCUT2D eigenvalue weighted by atomic mass is 14.6. The monoisotopic (exact) mass is 182 g/mol. The van der Waals surface area contributed by atoms with Gasteiger partial charge in [-0.15, -0.1) is 0 Å². The van der Waals surface area contributed by atoms with Crippen molar-refractivity contribution in [2.24, 2.45) is 41.1 Å².